The molecule has 1 atom stereocenters. The first-order valence-electron chi connectivity index (χ1n) is 5.20. The topological polar surface area (TPSA) is 78.1 Å². The normalized spacial score (nSPS) is 14.2. The van der Waals surface area contributed by atoms with Crippen molar-refractivity contribution in [3.05, 3.63) is 23.8 Å². The fourth-order valence-corrected chi connectivity index (χ4v) is 1.56. The molecule has 2 N–H and O–H groups in total. The average molecular weight is 223 g/mol. The smallest absolute Gasteiger partial charge is 0.308 e. The minimum absolute atomic E-state index is 0.0976. The Balaban J connectivity index is 2.85. The Hall–Kier alpha value is -1.49. The van der Waals surface area contributed by atoms with Crippen molar-refractivity contribution in [3.63, 3.8) is 0 Å². The number of aromatic nitrogens is 2. The van der Waals surface area contributed by atoms with Crippen LogP contribution in [0.1, 0.15) is 31.7 Å². The van der Waals surface area contributed by atoms with Crippen molar-refractivity contribution < 1.29 is 9.53 Å². The highest BCUT2D eigenvalue weighted by Crippen LogP contribution is 2.21. The molecule has 0 amide bonds. The largest absolute Gasteiger partial charge is 0.466 e. The van der Waals surface area contributed by atoms with Crippen LogP contribution in [0.3, 0.4) is 0 Å². The first-order chi connectivity index (χ1) is 7.47. The summed E-state index contributed by atoms with van der Waals surface area (Å²) < 4.78 is 4.87. The average Bonchev–Trinajstić information content (AvgIpc) is 2.17. The number of ether oxygens (including phenoxy) is 1. The molecule has 0 spiro atoms. The van der Waals surface area contributed by atoms with Gasteiger partial charge in [0.1, 0.15) is 0 Å². The molecule has 0 saturated heterocycles. The van der Waals surface area contributed by atoms with Gasteiger partial charge in [-0.05, 0) is 20.8 Å². The highest BCUT2D eigenvalue weighted by molar-refractivity contribution is 5.71. The van der Waals surface area contributed by atoms with E-state index in [4.69, 9.17) is 10.5 Å². The number of rotatable bonds is 4. The number of carbonyl (C=O) groups is 1. The monoisotopic (exact) mass is 223 g/mol. The summed E-state index contributed by atoms with van der Waals surface area (Å²) in [4.78, 5) is 19.7. The molecule has 0 radical (unpaired) electrons. The van der Waals surface area contributed by atoms with E-state index in [1.807, 2.05) is 6.92 Å². The van der Waals surface area contributed by atoms with Gasteiger partial charge in [0.2, 0.25) is 0 Å². The van der Waals surface area contributed by atoms with Gasteiger partial charge in [-0.3, -0.25) is 14.8 Å². The molecule has 1 rings (SSSR count). The third-order valence-corrected chi connectivity index (χ3v) is 2.24. The lowest BCUT2D eigenvalue weighted by atomic mass is 9.93. The Bertz CT molecular complexity index is 377. The quantitative estimate of drug-likeness (QED) is 0.768. The lowest BCUT2D eigenvalue weighted by Gasteiger charge is -2.23. The molecule has 0 bridgehead atoms. The summed E-state index contributed by atoms with van der Waals surface area (Å²) in [6.45, 7) is 5.69. The van der Waals surface area contributed by atoms with Gasteiger partial charge in [0.25, 0.3) is 0 Å². The zero-order valence-electron chi connectivity index (χ0n) is 9.86. The van der Waals surface area contributed by atoms with E-state index in [0.717, 1.165) is 5.69 Å². The van der Waals surface area contributed by atoms with Crippen molar-refractivity contribution in [1.82, 2.24) is 9.97 Å². The van der Waals surface area contributed by atoms with Crippen molar-refractivity contribution in [3.8, 4) is 0 Å². The molecule has 0 saturated carbocycles. The van der Waals surface area contributed by atoms with Crippen LogP contribution in [-0.2, 0) is 15.1 Å². The van der Waals surface area contributed by atoms with Gasteiger partial charge in [-0.15, -0.1) is 0 Å². The molecule has 0 fully saturated rings. The zero-order valence-corrected chi connectivity index (χ0v) is 9.86. The predicted octanol–water partition coefficient (Wildman–Crippen LogP) is 0.912. The minimum atomic E-state index is -0.843. The summed E-state index contributed by atoms with van der Waals surface area (Å²) in [5.41, 5.74) is 6.59. The van der Waals surface area contributed by atoms with E-state index in [9.17, 15) is 4.79 Å². The van der Waals surface area contributed by atoms with Crippen LogP contribution >= 0.6 is 0 Å². The molecular formula is C11H17N3O2. The van der Waals surface area contributed by atoms with E-state index < -0.39 is 5.54 Å². The third kappa shape index (κ3) is 3.00. The number of hydrogen-bond donors (Lipinski definition) is 1. The lowest BCUT2D eigenvalue weighted by Crippen LogP contribution is -2.38. The van der Waals surface area contributed by atoms with Crippen LogP contribution in [0.2, 0.25) is 0 Å². The fourth-order valence-electron chi connectivity index (χ4n) is 1.56. The Morgan fingerprint density at radius 3 is 2.69 bits per heavy atom. The number of esters is 1. The molecule has 88 valence electrons. The van der Waals surface area contributed by atoms with Gasteiger partial charge in [0.15, 0.2) is 0 Å². The Labute approximate surface area is 95.0 Å². The number of hydrogen-bond acceptors (Lipinski definition) is 5. The molecule has 1 unspecified atom stereocenters. The predicted molar refractivity (Wildman–Crippen MR) is 59.6 cm³/mol. The molecule has 5 heteroatoms. The summed E-state index contributed by atoms with van der Waals surface area (Å²) >= 11 is 0. The van der Waals surface area contributed by atoms with Crippen LogP contribution in [0, 0.1) is 6.92 Å². The second kappa shape index (κ2) is 5.03. The standard InChI is InChI=1S/C11H17N3O2/c1-4-16-9(15)7-11(3,12)10-8(2)13-5-6-14-10/h5-6H,4,7,12H2,1-3H3. The van der Waals surface area contributed by atoms with Crippen LogP contribution < -0.4 is 5.73 Å². The maximum Gasteiger partial charge on any atom is 0.308 e. The highest BCUT2D eigenvalue weighted by atomic mass is 16.5. The van der Waals surface area contributed by atoms with Gasteiger partial charge in [0, 0.05) is 12.4 Å². The number of nitrogens with zero attached hydrogens (tertiary/aromatic N) is 2. The van der Waals surface area contributed by atoms with Crippen molar-refractivity contribution in [1.29, 1.82) is 0 Å². The van der Waals surface area contributed by atoms with Crippen molar-refractivity contribution >= 4 is 5.97 Å². The highest BCUT2D eigenvalue weighted by Gasteiger charge is 2.29. The molecule has 0 aliphatic carbocycles. The van der Waals surface area contributed by atoms with Crippen molar-refractivity contribution in [2.45, 2.75) is 32.7 Å². The molecule has 1 aromatic heterocycles. The molecule has 0 aliphatic heterocycles. The van der Waals surface area contributed by atoms with E-state index in [-0.39, 0.29) is 12.4 Å². The van der Waals surface area contributed by atoms with Crippen molar-refractivity contribution in [2.24, 2.45) is 5.73 Å². The van der Waals surface area contributed by atoms with E-state index in [2.05, 4.69) is 9.97 Å². The van der Waals surface area contributed by atoms with Crippen LogP contribution in [0.15, 0.2) is 12.4 Å². The van der Waals surface area contributed by atoms with E-state index >= 15 is 0 Å². The zero-order chi connectivity index (χ0) is 12.2. The summed E-state index contributed by atoms with van der Waals surface area (Å²) in [6, 6.07) is 0. The van der Waals surface area contributed by atoms with Gasteiger partial charge in [-0.1, -0.05) is 0 Å². The maximum atomic E-state index is 11.4. The molecule has 16 heavy (non-hydrogen) atoms. The SMILES string of the molecule is CCOC(=O)CC(C)(N)c1nccnc1C. The van der Waals surface area contributed by atoms with E-state index in [1.165, 1.54) is 0 Å². The van der Waals surface area contributed by atoms with Crippen LogP contribution in [0.25, 0.3) is 0 Å². The Morgan fingerprint density at radius 1 is 1.50 bits per heavy atom. The van der Waals surface area contributed by atoms with Gasteiger partial charge in [0.05, 0.1) is 30.0 Å². The summed E-state index contributed by atoms with van der Waals surface area (Å²) in [6.07, 6.45) is 3.26. The van der Waals surface area contributed by atoms with Crippen LogP contribution in [0.5, 0.6) is 0 Å². The summed E-state index contributed by atoms with van der Waals surface area (Å²) in [5, 5.41) is 0. The summed E-state index contributed by atoms with van der Waals surface area (Å²) in [5.74, 6) is -0.322. The molecule has 0 aliphatic rings. The first-order valence-corrected chi connectivity index (χ1v) is 5.20. The van der Waals surface area contributed by atoms with E-state index in [0.29, 0.717) is 12.3 Å². The lowest BCUT2D eigenvalue weighted by molar-refractivity contribution is -0.144. The first kappa shape index (κ1) is 12.6. The third-order valence-electron chi connectivity index (χ3n) is 2.24. The molecular weight excluding hydrogens is 206 g/mol. The maximum absolute atomic E-state index is 11.4. The van der Waals surface area contributed by atoms with E-state index in [1.54, 1.807) is 26.2 Å². The van der Waals surface area contributed by atoms with Gasteiger partial charge >= 0.3 is 5.97 Å². The van der Waals surface area contributed by atoms with Gasteiger partial charge in [-0.25, -0.2) is 0 Å². The number of nitrogens with two attached hydrogens (primary N) is 1. The molecule has 0 aromatic carbocycles. The Morgan fingerprint density at radius 2 is 2.12 bits per heavy atom. The van der Waals surface area contributed by atoms with Crippen molar-refractivity contribution in [2.75, 3.05) is 6.61 Å². The fraction of sp³-hybridized carbons (Fsp3) is 0.545. The van der Waals surface area contributed by atoms with Crippen LogP contribution in [-0.4, -0.2) is 22.5 Å². The molecule has 1 aromatic rings. The van der Waals surface area contributed by atoms with Gasteiger partial charge in [-0.2, -0.15) is 0 Å². The number of carbonyl (C=O) groups excluding carboxylic acids is 1. The van der Waals surface area contributed by atoms with Gasteiger partial charge < -0.3 is 10.5 Å². The van der Waals surface area contributed by atoms with Crippen LogP contribution in [0.4, 0.5) is 0 Å². The Kier molecular flexibility index (Phi) is 3.95. The number of aryl methyl sites for hydroxylation is 1. The second-order valence-corrected chi connectivity index (χ2v) is 3.89. The molecule has 1 heterocycles. The summed E-state index contributed by atoms with van der Waals surface area (Å²) in [7, 11) is 0. The minimum Gasteiger partial charge on any atom is -0.466 e. The second-order valence-electron chi connectivity index (χ2n) is 3.89. The molecule has 5 nitrogen and oxygen atoms in total.